The van der Waals surface area contributed by atoms with Gasteiger partial charge in [-0.15, -0.1) is 0 Å². The molecule has 0 rings (SSSR count). The van der Waals surface area contributed by atoms with Gasteiger partial charge in [0.2, 0.25) is 0 Å². The summed E-state index contributed by atoms with van der Waals surface area (Å²) in [5.41, 5.74) is 0. The lowest BCUT2D eigenvalue weighted by Gasteiger charge is -2.23. The van der Waals surface area contributed by atoms with Crippen LogP contribution in [0.5, 0.6) is 0 Å². The van der Waals surface area contributed by atoms with Gasteiger partial charge in [0.15, 0.2) is 6.67 Å². The molecule has 0 aromatic carbocycles. The Hall–Kier alpha value is -0.390. The molecule has 0 amide bonds. The zero-order valence-electron chi connectivity index (χ0n) is 6.42. The largest absolute Gasteiger partial charge is 0.422 e. The molecule has 0 unspecified atom stereocenters. The first-order chi connectivity index (χ1) is 5.37. The van der Waals surface area contributed by atoms with E-state index in [-0.39, 0.29) is 6.42 Å². The lowest BCUT2D eigenvalue weighted by Crippen LogP contribution is -2.44. The van der Waals surface area contributed by atoms with Crippen LogP contribution in [0.4, 0.5) is 22.0 Å². The van der Waals surface area contributed by atoms with Crippen LogP contribution in [-0.4, -0.2) is 25.3 Å². The van der Waals surface area contributed by atoms with Crippen LogP contribution >= 0.6 is 0 Å². The summed E-state index contributed by atoms with van der Waals surface area (Å²) in [6.45, 7) is -1.48. The Bertz CT molecular complexity index is 136. The molecule has 0 radical (unpaired) electrons. The van der Waals surface area contributed by atoms with Crippen LogP contribution in [0.15, 0.2) is 0 Å². The zero-order valence-corrected chi connectivity index (χ0v) is 6.42. The van der Waals surface area contributed by atoms with Gasteiger partial charge in [0.1, 0.15) is 0 Å². The fourth-order valence-corrected chi connectivity index (χ4v) is 0.414. The van der Waals surface area contributed by atoms with Crippen LogP contribution in [0.2, 0.25) is 0 Å². The van der Waals surface area contributed by atoms with Gasteiger partial charge in [0, 0.05) is 0 Å². The van der Waals surface area contributed by atoms with Gasteiger partial charge in [0.05, 0.1) is 6.61 Å². The number of halogens is 5. The van der Waals surface area contributed by atoms with E-state index in [1.54, 1.807) is 0 Å². The Morgan fingerprint density at radius 1 is 1.17 bits per heavy atom. The van der Waals surface area contributed by atoms with E-state index in [2.05, 4.69) is 4.74 Å². The minimum absolute atomic E-state index is 0.165. The number of hydrogen-bond acceptors (Lipinski definition) is 1. The predicted molar refractivity (Wildman–Crippen MR) is 32.1 cm³/mol. The van der Waals surface area contributed by atoms with Crippen molar-refractivity contribution in [3.63, 3.8) is 0 Å². The summed E-state index contributed by atoms with van der Waals surface area (Å²) in [5, 5.41) is 0. The third kappa shape index (κ3) is 2.58. The van der Waals surface area contributed by atoms with Crippen LogP contribution in [-0.2, 0) is 4.74 Å². The SMILES string of the molecule is CCCOC(F)(F)C(F)(F)CF. The second-order valence-corrected chi connectivity index (χ2v) is 2.20. The van der Waals surface area contributed by atoms with Gasteiger partial charge < -0.3 is 4.74 Å². The van der Waals surface area contributed by atoms with E-state index >= 15 is 0 Å². The number of rotatable bonds is 5. The minimum atomic E-state index is -4.73. The molecule has 0 aromatic rings. The van der Waals surface area contributed by atoms with E-state index in [0.29, 0.717) is 0 Å². The number of ether oxygens (including phenoxy) is 1. The van der Waals surface area contributed by atoms with Crippen molar-refractivity contribution in [2.45, 2.75) is 25.4 Å². The molecule has 12 heavy (non-hydrogen) atoms. The smallest absolute Gasteiger partial charge is 0.316 e. The second-order valence-electron chi connectivity index (χ2n) is 2.20. The van der Waals surface area contributed by atoms with E-state index in [9.17, 15) is 22.0 Å². The Morgan fingerprint density at radius 3 is 2.00 bits per heavy atom. The highest BCUT2D eigenvalue weighted by Crippen LogP contribution is 2.35. The highest BCUT2D eigenvalue weighted by Gasteiger charge is 2.58. The average Bonchev–Trinajstić information content (AvgIpc) is 2.00. The Labute approximate surface area is 66.5 Å². The molecule has 1 nitrogen and oxygen atoms in total. The molecule has 0 heterocycles. The topological polar surface area (TPSA) is 9.23 Å². The minimum Gasteiger partial charge on any atom is -0.316 e. The molecule has 0 bridgehead atoms. The number of alkyl halides is 5. The van der Waals surface area contributed by atoms with E-state index < -0.39 is 25.3 Å². The fourth-order valence-electron chi connectivity index (χ4n) is 0.414. The summed E-state index contributed by atoms with van der Waals surface area (Å²) < 4.78 is 63.3. The Balaban J connectivity index is 4.17. The molecular weight excluding hydrogens is 183 g/mol. The van der Waals surface area contributed by atoms with Crippen molar-refractivity contribution in [2.75, 3.05) is 13.3 Å². The Kier molecular flexibility index (Phi) is 3.89. The first-order valence-electron chi connectivity index (χ1n) is 3.33. The molecule has 0 spiro atoms. The lowest BCUT2D eigenvalue weighted by molar-refractivity contribution is -0.349. The fraction of sp³-hybridized carbons (Fsp3) is 1.00. The molecule has 0 atom stereocenters. The first kappa shape index (κ1) is 11.6. The van der Waals surface area contributed by atoms with Crippen LogP contribution in [0.25, 0.3) is 0 Å². The van der Waals surface area contributed by atoms with Crippen molar-refractivity contribution in [3.8, 4) is 0 Å². The van der Waals surface area contributed by atoms with Gasteiger partial charge in [-0.25, -0.2) is 4.39 Å². The van der Waals surface area contributed by atoms with E-state index in [0.717, 1.165) is 0 Å². The van der Waals surface area contributed by atoms with Crippen LogP contribution < -0.4 is 0 Å². The standard InChI is InChI=1S/C6H9F5O/c1-2-3-12-6(10,11)5(8,9)4-7/h2-4H2,1H3. The molecular formula is C6H9F5O. The quantitative estimate of drug-likeness (QED) is 0.608. The van der Waals surface area contributed by atoms with Gasteiger partial charge in [-0.1, -0.05) is 6.92 Å². The summed E-state index contributed by atoms with van der Waals surface area (Å²) in [5.74, 6) is -4.73. The zero-order chi connectivity index (χ0) is 9.83. The van der Waals surface area contributed by atoms with Crippen molar-refractivity contribution in [2.24, 2.45) is 0 Å². The second kappa shape index (κ2) is 4.02. The van der Waals surface area contributed by atoms with Crippen molar-refractivity contribution >= 4 is 0 Å². The molecule has 0 aliphatic rings. The summed E-state index contributed by atoms with van der Waals surface area (Å²) >= 11 is 0. The maximum Gasteiger partial charge on any atom is 0.422 e. The summed E-state index contributed by atoms with van der Waals surface area (Å²) in [7, 11) is 0. The maximum atomic E-state index is 12.2. The van der Waals surface area contributed by atoms with E-state index in [1.807, 2.05) is 0 Å². The molecule has 0 saturated carbocycles. The molecule has 0 N–H and O–H groups in total. The monoisotopic (exact) mass is 192 g/mol. The Morgan fingerprint density at radius 2 is 1.67 bits per heavy atom. The summed E-state index contributed by atoms with van der Waals surface area (Å²) in [4.78, 5) is 0. The van der Waals surface area contributed by atoms with Gasteiger partial charge in [0.25, 0.3) is 0 Å². The molecule has 0 fully saturated rings. The van der Waals surface area contributed by atoms with Crippen molar-refractivity contribution < 1.29 is 26.7 Å². The number of hydrogen-bond donors (Lipinski definition) is 0. The van der Waals surface area contributed by atoms with Crippen LogP contribution in [0, 0.1) is 0 Å². The highest BCUT2D eigenvalue weighted by atomic mass is 19.3. The van der Waals surface area contributed by atoms with Gasteiger partial charge in [-0.05, 0) is 6.42 Å². The van der Waals surface area contributed by atoms with E-state index in [1.165, 1.54) is 6.92 Å². The van der Waals surface area contributed by atoms with Crippen molar-refractivity contribution in [1.82, 2.24) is 0 Å². The molecule has 0 aliphatic carbocycles. The lowest BCUT2D eigenvalue weighted by atomic mass is 10.3. The van der Waals surface area contributed by atoms with Gasteiger partial charge in [-0.3, -0.25) is 0 Å². The maximum absolute atomic E-state index is 12.2. The first-order valence-corrected chi connectivity index (χ1v) is 3.33. The molecule has 0 aromatic heterocycles. The van der Waals surface area contributed by atoms with Crippen LogP contribution in [0.1, 0.15) is 13.3 Å². The molecule has 0 saturated heterocycles. The highest BCUT2D eigenvalue weighted by molar-refractivity contribution is 4.75. The van der Waals surface area contributed by atoms with Gasteiger partial charge in [-0.2, -0.15) is 17.6 Å². The third-order valence-electron chi connectivity index (χ3n) is 1.08. The van der Waals surface area contributed by atoms with Gasteiger partial charge >= 0.3 is 12.0 Å². The van der Waals surface area contributed by atoms with E-state index in [4.69, 9.17) is 0 Å². The van der Waals surface area contributed by atoms with Crippen molar-refractivity contribution in [3.05, 3.63) is 0 Å². The summed E-state index contributed by atoms with van der Waals surface area (Å²) in [6, 6.07) is 0. The molecule has 0 aliphatic heterocycles. The van der Waals surface area contributed by atoms with Crippen LogP contribution in [0.3, 0.4) is 0 Å². The summed E-state index contributed by atoms with van der Waals surface area (Å²) in [6.07, 6.45) is -4.55. The predicted octanol–water partition coefficient (Wildman–Crippen LogP) is 2.61. The molecule has 74 valence electrons. The third-order valence-corrected chi connectivity index (χ3v) is 1.08. The molecule has 6 heteroatoms. The average molecular weight is 192 g/mol. The normalized spacial score (nSPS) is 13.5. The van der Waals surface area contributed by atoms with Crippen molar-refractivity contribution in [1.29, 1.82) is 0 Å².